The van der Waals surface area contributed by atoms with Crippen molar-refractivity contribution >= 4 is 28.5 Å². The van der Waals surface area contributed by atoms with Crippen molar-refractivity contribution < 1.29 is 0 Å². The van der Waals surface area contributed by atoms with Crippen LogP contribution in [0.5, 0.6) is 0 Å². The van der Waals surface area contributed by atoms with Crippen LogP contribution >= 0.6 is 22.6 Å². The second kappa shape index (κ2) is 4.46. The van der Waals surface area contributed by atoms with Gasteiger partial charge in [0, 0.05) is 21.1 Å². The maximum atomic E-state index is 4.10. The number of aliphatic imine (C=N–C) groups is 1. The van der Waals surface area contributed by atoms with Crippen molar-refractivity contribution in [3.05, 3.63) is 32.7 Å². The average molecular weight is 271 g/mol. The molecule has 1 aliphatic heterocycles. The number of rotatable bonds is 1. The van der Waals surface area contributed by atoms with Gasteiger partial charge in [-0.15, -0.1) is 0 Å². The molecule has 0 saturated heterocycles. The van der Waals surface area contributed by atoms with Crippen molar-refractivity contribution in [3.8, 4) is 0 Å². The van der Waals surface area contributed by atoms with Crippen molar-refractivity contribution in [2.45, 2.75) is 20.3 Å². The van der Waals surface area contributed by atoms with Gasteiger partial charge in [-0.2, -0.15) is 4.99 Å². The highest BCUT2D eigenvalue weighted by molar-refractivity contribution is 14.1. The summed E-state index contributed by atoms with van der Waals surface area (Å²) in [6.45, 7) is 4.12. The van der Waals surface area contributed by atoms with Crippen LogP contribution in [0.3, 0.4) is 0 Å². The third kappa shape index (κ3) is 1.98. The lowest BCUT2D eigenvalue weighted by Crippen LogP contribution is -1.88. The van der Waals surface area contributed by atoms with Crippen LogP contribution in [0.1, 0.15) is 20.3 Å². The van der Waals surface area contributed by atoms with Crippen LogP contribution in [0.4, 0.5) is 0 Å². The Kier molecular flexibility index (Phi) is 3.54. The maximum Gasteiger partial charge on any atom is 0.0780 e. The van der Waals surface area contributed by atoms with Gasteiger partial charge in [-0.1, -0.05) is 13.0 Å². The van der Waals surface area contributed by atoms with Gasteiger partial charge in [0.05, 0.1) is 5.70 Å². The first-order valence-corrected chi connectivity index (χ1v) is 4.97. The Morgan fingerprint density at radius 3 is 3.08 bits per heavy atom. The van der Waals surface area contributed by atoms with Gasteiger partial charge < -0.3 is 0 Å². The monoisotopic (exact) mass is 271 g/mol. The van der Waals surface area contributed by atoms with E-state index >= 15 is 0 Å². The lowest BCUT2D eigenvalue weighted by molar-refractivity contribution is 1.17. The zero-order chi connectivity index (χ0) is 8.97. The van der Waals surface area contributed by atoms with Crippen LogP contribution in [0.2, 0.25) is 0 Å². The number of halogens is 1. The first kappa shape index (κ1) is 9.53. The molecule has 0 aromatic carbocycles. The predicted molar refractivity (Wildman–Crippen MR) is 60.6 cm³/mol. The Balaban J connectivity index is 3.18. The molecule has 1 heterocycles. The van der Waals surface area contributed by atoms with Crippen LogP contribution in [-0.4, -0.2) is 5.87 Å². The Hall–Kier alpha value is -0.560. The molecule has 0 bridgehead atoms. The first-order valence-electron chi connectivity index (χ1n) is 3.89. The topological polar surface area (TPSA) is 12.4 Å². The third-order valence-corrected chi connectivity index (χ3v) is 2.95. The highest BCUT2D eigenvalue weighted by Gasteiger charge is 2.05. The minimum absolute atomic E-state index is 1.00. The molecule has 0 saturated carbocycles. The van der Waals surface area contributed by atoms with Gasteiger partial charge in [0.15, 0.2) is 0 Å². The Morgan fingerprint density at radius 1 is 1.75 bits per heavy atom. The number of hydrogen-bond acceptors (Lipinski definition) is 1. The summed E-state index contributed by atoms with van der Waals surface area (Å²) in [7, 11) is 0. The molecule has 0 N–H and O–H groups in total. The SMILES string of the molecule is C/C=C1/N=C=C=C/C1=C(\I)CC. The molecule has 0 aromatic heterocycles. The van der Waals surface area contributed by atoms with Crippen LogP contribution < -0.4 is 0 Å². The Bertz CT molecular complexity index is 335. The quantitative estimate of drug-likeness (QED) is 0.512. The zero-order valence-corrected chi connectivity index (χ0v) is 9.34. The molecule has 0 aromatic rings. The smallest absolute Gasteiger partial charge is 0.0780 e. The van der Waals surface area contributed by atoms with Crippen molar-refractivity contribution in [1.29, 1.82) is 0 Å². The highest BCUT2D eigenvalue weighted by Crippen LogP contribution is 2.25. The highest BCUT2D eigenvalue weighted by atomic mass is 127. The van der Waals surface area contributed by atoms with E-state index in [1.807, 2.05) is 19.1 Å². The van der Waals surface area contributed by atoms with E-state index in [2.05, 4.69) is 46.1 Å². The van der Waals surface area contributed by atoms with Crippen LogP contribution in [0.25, 0.3) is 0 Å². The molecule has 0 radical (unpaired) electrons. The molecular weight excluding hydrogens is 261 g/mol. The fraction of sp³-hybridized carbons (Fsp3) is 0.300. The van der Waals surface area contributed by atoms with Crippen molar-refractivity contribution in [3.63, 3.8) is 0 Å². The van der Waals surface area contributed by atoms with Gasteiger partial charge in [-0.25, -0.2) is 0 Å². The summed E-state index contributed by atoms with van der Waals surface area (Å²) in [6, 6.07) is 0. The Labute approximate surface area is 86.4 Å². The standard InChI is InChI=1S/C10H10IN/c1-3-9(11)8-6-5-7-12-10(8)4-2/h4,6H,3H2,1-2H3/b9-8+,10-4+. The fourth-order valence-corrected chi connectivity index (χ4v) is 1.39. The molecule has 0 amide bonds. The summed E-state index contributed by atoms with van der Waals surface area (Å²) in [4.78, 5) is 4.10. The van der Waals surface area contributed by atoms with E-state index in [4.69, 9.17) is 0 Å². The molecular formula is C10H10IN. The summed E-state index contributed by atoms with van der Waals surface area (Å²) in [5, 5.41) is 0. The molecule has 0 fully saturated rings. The van der Waals surface area contributed by atoms with E-state index in [9.17, 15) is 0 Å². The van der Waals surface area contributed by atoms with E-state index in [0.717, 1.165) is 12.1 Å². The van der Waals surface area contributed by atoms with Crippen molar-refractivity contribution in [2.24, 2.45) is 4.99 Å². The van der Waals surface area contributed by atoms with Gasteiger partial charge in [-0.05, 0) is 41.7 Å². The molecule has 2 heteroatoms. The number of hydrogen-bond donors (Lipinski definition) is 0. The van der Waals surface area contributed by atoms with Crippen LogP contribution in [0, 0.1) is 0 Å². The zero-order valence-electron chi connectivity index (χ0n) is 7.19. The van der Waals surface area contributed by atoms with Gasteiger partial charge in [0.2, 0.25) is 0 Å². The van der Waals surface area contributed by atoms with Crippen LogP contribution in [0.15, 0.2) is 37.7 Å². The van der Waals surface area contributed by atoms with Crippen molar-refractivity contribution in [2.75, 3.05) is 0 Å². The van der Waals surface area contributed by atoms with E-state index in [1.165, 1.54) is 9.15 Å². The van der Waals surface area contributed by atoms with Crippen molar-refractivity contribution in [1.82, 2.24) is 0 Å². The summed E-state index contributed by atoms with van der Waals surface area (Å²) in [5.74, 6) is 2.71. The molecule has 0 aliphatic carbocycles. The van der Waals surface area contributed by atoms with E-state index in [-0.39, 0.29) is 0 Å². The molecule has 1 nitrogen and oxygen atoms in total. The third-order valence-electron chi connectivity index (χ3n) is 1.61. The molecule has 0 spiro atoms. The second-order valence-electron chi connectivity index (χ2n) is 2.36. The predicted octanol–water partition coefficient (Wildman–Crippen LogP) is 3.38. The fourth-order valence-electron chi connectivity index (χ4n) is 0.959. The molecule has 1 aliphatic rings. The molecule has 62 valence electrons. The van der Waals surface area contributed by atoms with E-state index in [0.29, 0.717) is 0 Å². The summed E-state index contributed by atoms with van der Waals surface area (Å²) < 4.78 is 1.32. The van der Waals surface area contributed by atoms with Gasteiger partial charge in [0.25, 0.3) is 0 Å². The lowest BCUT2D eigenvalue weighted by Gasteiger charge is -2.04. The van der Waals surface area contributed by atoms with Gasteiger partial charge in [-0.3, -0.25) is 0 Å². The maximum absolute atomic E-state index is 4.10. The van der Waals surface area contributed by atoms with Gasteiger partial charge in [0.1, 0.15) is 0 Å². The van der Waals surface area contributed by atoms with Crippen LogP contribution in [-0.2, 0) is 0 Å². The summed E-state index contributed by atoms with van der Waals surface area (Å²) in [6.07, 6.45) is 4.97. The largest absolute Gasteiger partial charge is 0.197 e. The molecule has 0 unspecified atom stereocenters. The minimum Gasteiger partial charge on any atom is -0.197 e. The van der Waals surface area contributed by atoms with E-state index in [1.54, 1.807) is 0 Å². The summed E-state index contributed by atoms with van der Waals surface area (Å²) in [5.41, 5.74) is 5.05. The number of nitrogens with zero attached hydrogens (tertiary/aromatic N) is 1. The first-order chi connectivity index (χ1) is 5.79. The lowest BCUT2D eigenvalue weighted by atomic mass is 10.1. The Morgan fingerprint density at radius 2 is 2.50 bits per heavy atom. The normalized spacial score (nSPS) is 22.1. The average Bonchev–Trinajstić information content (AvgIpc) is 2.16. The molecule has 1 rings (SSSR count). The second-order valence-corrected chi connectivity index (χ2v) is 3.66. The van der Waals surface area contributed by atoms with Gasteiger partial charge >= 0.3 is 0 Å². The summed E-state index contributed by atoms with van der Waals surface area (Å²) >= 11 is 2.34. The number of allylic oxidation sites excluding steroid dienone is 3. The van der Waals surface area contributed by atoms with E-state index < -0.39 is 0 Å². The molecule has 12 heavy (non-hydrogen) atoms. The minimum atomic E-state index is 1.00. The molecule has 0 atom stereocenters.